The predicted molar refractivity (Wildman–Crippen MR) is 225 cm³/mol. The molecule has 0 amide bonds. The first-order chi connectivity index (χ1) is 26.2. The number of fused-ring (bicyclic) bond motifs is 4. The highest BCUT2D eigenvalue weighted by molar-refractivity contribution is 6.12. The van der Waals surface area contributed by atoms with Gasteiger partial charge in [0.05, 0.1) is 6.54 Å². The van der Waals surface area contributed by atoms with Crippen molar-refractivity contribution in [3.63, 3.8) is 0 Å². The molecule has 0 unspecified atom stereocenters. The number of benzene rings is 6. The van der Waals surface area contributed by atoms with Gasteiger partial charge in [-0.2, -0.15) is 0 Å². The van der Waals surface area contributed by atoms with Gasteiger partial charge in [-0.3, -0.25) is 4.99 Å². The fourth-order valence-corrected chi connectivity index (χ4v) is 6.95. The van der Waals surface area contributed by atoms with E-state index in [1.54, 1.807) is 0 Å². The van der Waals surface area contributed by atoms with Crippen LogP contribution in [-0.4, -0.2) is 24.9 Å². The number of amidine groups is 2. The highest BCUT2D eigenvalue weighted by atomic mass is 16.3. The zero-order chi connectivity index (χ0) is 36.0. The summed E-state index contributed by atoms with van der Waals surface area (Å²) < 4.78 is 6.53. The molecular weight excluding hydrogens is 647 g/mol. The molecular formula is C49H39N3O. The Morgan fingerprint density at radius 1 is 0.679 bits per heavy atom. The van der Waals surface area contributed by atoms with Crippen LogP contribution in [0.15, 0.2) is 183 Å². The molecule has 1 aliphatic rings. The van der Waals surface area contributed by atoms with Crippen LogP contribution in [0.4, 0.5) is 0 Å². The molecule has 6 aromatic carbocycles. The quantitative estimate of drug-likeness (QED) is 0.0892. The van der Waals surface area contributed by atoms with Crippen molar-refractivity contribution in [2.24, 2.45) is 15.0 Å². The summed E-state index contributed by atoms with van der Waals surface area (Å²) in [5.74, 6) is 2.20. The predicted octanol–water partition coefficient (Wildman–Crippen LogP) is 12.4. The van der Waals surface area contributed by atoms with Crippen molar-refractivity contribution in [2.45, 2.75) is 19.8 Å². The Labute approximate surface area is 310 Å². The fourth-order valence-electron chi connectivity index (χ4n) is 6.95. The number of rotatable bonds is 8. The Bertz CT molecular complexity index is 2580. The van der Waals surface area contributed by atoms with Crippen LogP contribution in [-0.2, 0) is 6.42 Å². The summed E-state index contributed by atoms with van der Waals surface area (Å²) in [4.78, 5) is 14.2. The first kappa shape index (κ1) is 33.5. The highest BCUT2D eigenvalue weighted by Crippen LogP contribution is 2.39. The molecule has 0 radical (unpaired) electrons. The van der Waals surface area contributed by atoms with Gasteiger partial charge in [-0.05, 0) is 88.5 Å². The van der Waals surface area contributed by atoms with Crippen LogP contribution in [0.5, 0.6) is 0 Å². The minimum Gasteiger partial charge on any atom is -0.460 e. The maximum atomic E-state index is 6.53. The lowest BCUT2D eigenvalue weighted by Crippen LogP contribution is -2.07. The van der Waals surface area contributed by atoms with E-state index in [1.165, 1.54) is 27.5 Å². The van der Waals surface area contributed by atoms with Crippen molar-refractivity contribution in [1.82, 2.24) is 0 Å². The van der Waals surface area contributed by atoms with Crippen molar-refractivity contribution in [1.29, 1.82) is 0 Å². The van der Waals surface area contributed by atoms with E-state index >= 15 is 0 Å². The van der Waals surface area contributed by atoms with Gasteiger partial charge in [0.2, 0.25) is 0 Å². The molecule has 4 heteroatoms. The van der Waals surface area contributed by atoms with Crippen LogP contribution in [0.1, 0.15) is 41.4 Å². The largest absolute Gasteiger partial charge is 0.460 e. The van der Waals surface area contributed by atoms with Gasteiger partial charge >= 0.3 is 0 Å². The Hall–Kier alpha value is -6.65. The van der Waals surface area contributed by atoms with Gasteiger partial charge in [0.25, 0.3) is 0 Å². The Morgan fingerprint density at radius 2 is 1.36 bits per heavy atom. The Balaban J connectivity index is 1.15. The van der Waals surface area contributed by atoms with Crippen molar-refractivity contribution >= 4 is 52.3 Å². The second-order valence-corrected chi connectivity index (χ2v) is 13.2. The van der Waals surface area contributed by atoms with E-state index in [9.17, 15) is 0 Å². The summed E-state index contributed by atoms with van der Waals surface area (Å²) in [6.45, 7) is 6.35. The monoisotopic (exact) mass is 685 g/mol. The number of allylic oxidation sites excluding steroid dienone is 3. The summed E-state index contributed by atoms with van der Waals surface area (Å²) in [7, 11) is 0. The van der Waals surface area contributed by atoms with Gasteiger partial charge in [0, 0.05) is 28.5 Å². The maximum Gasteiger partial charge on any atom is 0.161 e. The van der Waals surface area contributed by atoms with Gasteiger partial charge in [-0.15, -0.1) is 0 Å². The van der Waals surface area contributed by atoms with Gasteiger partial charge in [0.15, 0.2) is 11.7 Å². The summed E-state index contributed by atoms with van der Waals surface area (Å²) in [6.07, 6.45) is 12.3. The highest BCUT2D eigenvalue weighted by Gasteiger charge is 2.20. The second-order valence-electron chi connectivity index (χ2n) is 13.2. The summed E-state index contributed by atoms with van der Waals surface area (Å²) >= 11 is 0. The van der Waals surface area contributed by atoms with Crippen molar-refractivity contribution in [2.75, 3.05) is 6.54 Å². The molecule has 0 aliphatic heterocycles. The lowest BCUT2D eigenvalue weighted by Gasteiger charge is -2.12. The third kappa shape index (κ3) is 7.26. The number of hydrogen-bond acceptors (Lipinski definition) is 2. The van der Waals surface area contributed by atoms with Crippen LogP contribution in [0.2, 0.25) is 0 Å². The Kier molecular flexibility index (Phi) is 9.67. The molecule has 256 valence electrons. The van der Waals surface area contributed by atoms with Gasteiger partial charge < -0.3 is 4.42 Å². The molecule has 1 aromatic heterocycles. The van der Waals surface area contributed by atoms with Crippen LogP contribution in [0.3, 0.4) is 0 Å². The van der Waals surface area contributed by atoms with Crippen molar-refractivity contribution in [3.8, 4) is 22.3 Å². The minimum absolute atomic E-state index is 0.520. The van der Waals surface area contributed by atoms with Gasteiger partial charge in [0.1, 0.15) is 11.3 Å². The van der Waals surface area contributed by atoms with Crippen LogP contribution in [0.25, 0.3) is 56.1 Å². The van der Waals surface area contributed by atoms with Crippen molar-refractivity contribution < 1.29 is 4.42 Å². The van der Waals surface area contributed by atoms with Crippen LogP contribution in [0, 0.1) is 0 Å². The lowest BCUT2D eigenvalue weighted by molar-refractivity contribution is 0.542. The van der Waals surface area contributed by atoms with E-state index in [0.29, 0.717) is 18.2 Å². The lowest BCUT2D eigenvalue weighted by atomic mass is 9.92. The number of hydrogen-bond donors (Lipinski definition) is 0. The normalized spacial score (nSPS) is 13.6. The van der Waals surface area contributed by atoms with E-state index in [2.05, 4.69) is 115 Å². The number of aliphatic imine (C=N–C) groups is 3. The average molecular weight is 686 g/mol. The minimum atomic E-state index is 0.520. The van der Waals surface area contributed by atoms with E-state index in [1.807, 2.05) is 73.7 Å². The van der Waals surface area contributed by atoms with Gasteiger partial charge in [-0.25, -0.2) is 9.98 Å². The fraction of sp³-hybridized carbons (Fsp3) is 0.0816. The molecule has 0 atom stereocenters. The molecule has 53 heavy (non-hydrogen) atoms. The van der Waals surface area contributed by atoms with E-state index in [-0.39, 0.29) is 0 Å². The van der Waals surface area contributed by atoms with Crippen LogP contribution < -0.4 is 0 Å². The summed E-state index contributed by atoms with van der Waals surface area (Å²) in [5, 5.41) is 3.61. The summed E-state index contributed by atoms with van der Waals surface area (Å²) in [6, 6.07) is 48.5. The van der Waals surface area contributed by atoms with E-state index < -0.39 is 0 Å². The third-order valence-corrected chi connectivity index (χ3v) is 9.71. The second kappa shape index (κ2) is 15.3. The smallest absolute Gasteiger partial charge is 0.161 e. The third-order valence-electron chi connectivity index (χ3n) is 9.71. The molecule has 0 N–H and O–H groups in total. The van der Waals surface area contributed by atoms with Crippen molar-refractivity contribution in [3.05, 3.63) is 191 Å². The average Bonchev–Trinajstić information content (AvgIpc) is 3.58. The number of furan rings is 1. The first-order valence-electron chi connectivity index (χ1n) is 18.1. The molecule has 1 aliphatic carbocycles. The molecule has 1 heterocycles. The molecule has 0 fully saturated rings. The van der Waals surface area contributed by atoms with E-state index in [4.69, 9.17) is 14.4 Å². The maximum absolute atomic E-state index is 6.53. The Morgan fingerprint density at radius 3 is 2.09 bits per heavy atom. The topological polar surface area (TPSA) is 50.2 Å². The number of aryl methyl sites for hydroxylation is 1. The zero-order valence-electron chi connectivity index (χ0n) is 29.7. The standard InChI is InChI=1S/C49H39N3O/c1-3-4-7-20-42-31-47-45(32-43(42)37-25-22-36(23-26-37)41-27-24-35-14-12-13-19-40(35)30-41)44-29-34(21-28-46(44)53-47)33-51-49(39-17-10-6-11-18-39)52-48(50-2)38-15-8-5-9-16-38/h3-20,22-27,29-32H,2,21,28,33H2,1H3/b4-3-,20-7-,51-49?,52-48?. The SMILES string of the molecule is C=NC(=NC(=NCC1=Cc2c(oc3cc(/C=C\C=C/C)c(-c4ccc(-c5ccc6ccccc6c5)cc4)cc23)CC1)c1ccccc1)c1ccccc1. The number of nitrogens with zero attached hydrogens (tertiary/aromatic N) is 3. The molecule has 0 saturated carbocycles. The molecule has 7 aromatic rings. The van der Waals surface area contributed by atoms with E-state index in [0.717, 1.165) is 63.0 Å². The van der Waals surface area contributed by atoms with Crippen LogP contribution >= 0.6 is 0 Å². The molecule has 4 nitrogen and oxygen atoms in total. The molecule has 0 bridgehead atoms. The zero-order valence-corrected chi connectivity index (χ0v) is 29.7. The van der Waals surface area contributed by atoms with Gasteiger partial charge in [-0.1, -0.05) is 146 Å². The first-order valence-corrected chi connectivity index (χ1v) is 18.1. The summed E-state index contributed by atoms with van der Waals surface area (Å²) in [5.41, 5.74) is 10.9. The molecule has 8 rings (SSSR count). The molecule has 0 spiro atoms. The molecule has 0 saturated heterocycles.